The summed E-state index contributed by atoms with van der Waals surface area (Å²) in [5, 5.41) is 24.8. The summed E-state index contributed by atoms with van der Waals surface area (Å²) < 4.78 is 0. The zero-order valence-electron chi connectivity index (χ0n) is 9.94. The van der Waals surface area contributed by atoms with Crippen LogP contribution in [0.25, 0.3) is 0 Å². The van der Waals surface area contributed by atoms with Gasteiger partial charge in [0.05, 0.1) is 18.3 Å². The van der Waals surface area contributed by atoms with E-state index in [2.05, 4.69) is 0 Å². The molecule has 0 bridgehead atoms. The van der Waals surface area contributed by atoms with E-state index >= 15 is 0 Å². The predicted molar refractivity (Wildman–Crippen MR) is 55.5 cm³/mol. The number of ketones is 2. The van der Waals surface area contributed by atoms with Crippen molar-refractivity contribution in [3.63, 3.8) is 0 Å². The Morgan fingerprint density at radius 1 is 1.12 bits per heavy atom. The summed E-state index contributed by atoms with van der Waals surface area (Å²) in [6, 6.07) is 0. The van der Waals surface area contributed by atoms with Gasteiger partial charge >= 0.3 is 0 Å². The molecule has 0 aliphatic rings. The van der Waals surface area contributed by atoms with E-state index in [0.717, 1.165) is 0 Å². The number of rotatable bonds is 3. The average Bonchev–Trinajstić information content (AvgIpc) is 2.02. The quantitative estimate of drug-likeness (QED) is 0.225. The summed E-state index contributed by atoms with van der Waals surface area (Å²) >= 11 is 0. The summed E-state index contributed by atoms with van der Waals surface area (Å²) in [6.07, 6.45) is -0.560. The topological polar surface area (TPSA) is 94.8 Å². The molecule has 0 amide bonds. The Morgan fingerprint density at radius 2 is 1.38 bits per heavy atom. The smallest absolute Gasteiger partial charge is 0.166 e. The van der Waals surface area contributed by atoms with Gasteiger partial charge in [0.15, 0.2) is 11.6 Å². The van der Waals surface area contributed by atoms with Gasteiger partial charge < -0.3 is 15.3 Å². The molecule has 0 fully saturated rings. The molecular formula is C10H18O5Ti. The second-order valence-corrected chi connectivity index (χ2v) is 3.10. The van der Waals surface area contributed by atoms with Crippen LogP contribution in [0.4, 0.5) is 0 Å². The Kier molecular flexibility index (Phi) is 14.4. The fraction of sp³-hybridized carbons (Fsp3) is 0.600. The minimum absolute atomic E-state index is 0. The summed E-state index contributed by atoms with van der Waals surface area (Å²) in [4.78, 5) is 21.2. The molecule has 16 heavy (non-hydrogen) atoms. The van der Waals surface area contributed by atoms with E-state index in [4.69, 9.17) is 15.3 Å². The van der Waals surface area contributed by atoms with Crippen LogP contribution in [-0.4, -0.2) is 39.6 Å². The first-order valence-corrected chi connectivity index (χ1v) is 4.44. The summed E-state index contributed by atoms with van der Waals surface area (Å²) in [6.45, 7) is 5.20. The second kappa shape index (κ2) is 11.0. The van der Waals surface area contributed by atoms with Crippen LogP contribution >= 0.6 is 0 Å². The van der Waals surface area contributed by atoms with Crippen molar-refractivity contribution in [3.8, 4) is 0 Å². The van der Waals surface area contributed by atoms with Crippen molar-refractivity contribution in [2.75, 3.05) is 6.61 Å². The number of Topliss-reactive ketones (excluding diaryl/α,β-unsaturated/α-hetero) is 2. The van der Waals surface area contributed by atoms with Crippen LogP contribution in [0.15, 0.2) is 11.3 Å². The summed E-state index contributed by atoms with van der Waals surface area (Å²) in [5.41, 5.74) is -0.111. The zero-order valence-corrected chi connectivity index (χ0v) is 11.5. The fourth-order valence-corrected chi connectivity index (χ4v) is 0.757. The van der Waals surface area contributed by atoms with Crippen molar-refractivity contribution < 1.29 is 46.6 Å². The van der Waals surface area contributed by atoms with Crippen molar-refractivity contribution in [1.82, 2.24) is 0 Å². The SMILES string of the molecule is CC(=O)C(C(C)=O)=C(C)O.CC(O)CO.[Ti]. The van der Waals surface area contributed by atoms with Crippen LogP contribution in [0.2, 0.25) is 0 Å². The molecule has 0 spiro atoms. The molecule has 0 saturated heterocycles. The van der Waals surface area contributed by atoms with Crippen molar-refractivity contribution in [2.24, 2.45) is 0 Å². The molecule has 0 aromatic carbocycles. The second-order valence-electron chi connectivity index (χ2n) is 3.10. The molecule has 0 rings (SSSR count). The standard InChI is InChI=1S/C7H10O3.C3H8O2.Ti/c1-4(8)7(5(2)9)6(3)10;1-3(5)2-4;/h8H,1-3H3;3-5H,2H2,1H3;. The van der Waals surface area contributed by atoms with E-state index in [9.17, 15) is 9.59 Å². The third-order valence-corrected chi connectivity index (χ3v) is 1.33. The monoisotopic (exact) mass is 266 g/mol. The van der Waals surface area contributed by atoms with Crippen LogP contribution in [0.5, 0.6) is 0 Å². The van der Waals surface area contributed by atoms with Gasteiger partial charge in [0.2, 0.25) is 0 Å². The summed E-state index contributed by atoms with van der Waals surface area (Å²) in [7, 11) is 0. The third-order valence-electron chi connectivity index (χ3n) is 1.33. The maximum Gasteiger partial charge on any atom is 0.166 e. The van der Waals surface area contributed by atoms with E-state index in [-0.39, 0.29) is 39.7 Å². The number of hydrogen-bond acceptors (Lipinski definition) is 5. The maximum atomic E-state index is 10.6. The molecule has 3 N–H and O–H groups in total. The molecule has 0 aliphatic carbocycles. The minimum Gasteiger partial charge on any atom is -0.512 e. The van der Waals surface area contributed by atoms with E-state index in [0.29, 0.717) is 0 Å². The average molecular weight is 266 g/mol. The largest absolute Gasteiger partial charge is 0.512 e. The van der Waals surface area contributed by atoms with Gasteiger partial charge in [-0.15, -0.1) is 0 Å². The van der Waals surface area contributed by atoms with Crippen LogP contribution in [0, 0.1) is 0 Å². The predicted octanol–water partition coefficient (Wildman–Crippen LogP) is 0.353. The first-order valence-electron chi connectivity index (χ1n) is 4.44. The molecule has 0 heterocycles. The Labute approximate surface area is 110 Å². The number of aliphatic hydroxyl groups excluding tert-OH is 3. The van der Waals surface area contributed by atoms with Gasteiger partial charge in [-0.1, -0.05) is 0 Å². The van der Waals surface area contributed by atoms with Gasteiger partial charge in [-0.05, 0) is 27.7 Å². The van der Waals surface area contributed by atoms with E-state index in [1.54, 1.807) is 0 Å². The third kappa shape index (κ3) is 11.6. The Morgan fingerprint density at radius 3 is 1.38 bits per heavy atom. The van der Waals surface area contributed by atoms with Gasteiger partial charge in [-0.25, -0.2) is 0 Å². The first-order chi connectivity index (χ1) is 6.73. The molecule has 92 valence electrons. The van der Waals surface area contributed by atoms with E-state index in [1.807, 2.05) is 0 Å². The molecule has 0 aliphatic heterocycles. The van der Waals surface area contributed by atoms with Crippen molar-refractivity contribution in [2.45, 2.75) is 33.8 Å². The Hall–Kier alpha value is -0.486. The van der Waals surface area contributed by atoms with Crippen LogP contribution in [0.1, 0.15) is 27.7 Å². The molecular weight excluding hydrogens is 248 g/mol. The molecule has 0 radical (unpaired) electrons. The van der Waals surface area contributed by atoms with Gasteiger partial charge in [-0.2, -0.15) is 0 Å². The molecule has 5 nitrogen and oxygen atoms in total. The van der Waals surface area contributed by atoms with Gasteiger partial charge in [0.1, 0.15) is 5.76 Å². The van der Waals surface area contributed by atoms with Crippen molar-refractivity contribution in [1.29, 1.82) is 0 Å². The number of carbonyl (C=O) groups is 2. The molecule has 0 aromatic heterocycles. The number of aliphatic hydroxyl groups is 3. The van der Waals surface area contributed by atoms with Gasteiger partial charge in [-0.3, -0.25) is 9.59 Å². The van der Waals surface area contributed by atoms with E-state index < -0.39 is 17.7 Å². The Balaban J connectivity index is -0.000000242. The number of allylic oxidation sites excluding steroid dienone is 2. The Bertz CT molecular complexity index is 238. The van der Waals surface area contributed by atoms with Crippen molar-refractivity contribution >= 4 is 11.6 Å². The molecule has 6 heteroatoms. The van der Waals surface area contributed by atoms with Crippen LogP contribution in [-0.2, 0) is 31.3 Å². The maximum absolute atomic E-state index is 10.6. The number of carbonyl (C=O) groups excluding carboxylic acids is 2. The minimum atomic E-state index is -0.560. The zero-order chi connectivity index (χ0) is 12.6. The molecule has 1 unspecified atom stereocenters. The van der Waals surface area contributed by atoms with Gasteiger partial charge in [0.25, 0.3) is 0 Å². The van der Waals surface area contributed by atoms with Crippen LogP contribution in [0.3, 0.4) is 0 Å². The van der Waals surface area contributed by atoms with Crippen LogP contribution < -0.4 is 0 Å². The molecule has 0 aromatic rings. The number of hydrogen-bond donors (Lipinski definition) is 3. The molecule has 1 atom stereocenters. The van der Waals surface area contributed by atoms with Crippen molar-refractivity contribution in [3.05, 3.63) is 11.3 Å². The van der Waals surface area contributed by atoms with Gasteiger partial charge in [0, 0.05) is 21.7 Å². The summed E-state index contributed by atoms with van der Waals surface area (Å²) in [5.74, 6) is -1.000. The first kappa shape index (κ1) is 20.9. The molecule has 0 saturated carbocycles. The fourth-order valence-electron chi connectivity index (χ4n) is 0.757. The van der Waals surface area contributed by atoms with E-state index in [1.165, 1.54) is 27.7 Å². The normalized spacial score (nSPS) is 10.1.